The van der Waals surface area contributed by atoms with E-state index in [1.807, 2.05) is 12.1 Å². The predicted octanol–water partition coefficient (Wildman–Crippen LogP) is 2.64. The molecule has 0 saturated heterocycles. The summed E-state index contributed by atoms with van der Waals surface area (Å²) >= 11 is 0. The first-order valence-electron chi connectivity index (χ1n) is 8.59. The lowest BCUT2D eigenvalue weighted by atomic mass is 9.96. The van der Waals surface area contributed by atoms with Crippen LogP contribution in [0.15, 0.2) is 48.5 Å². The maximum atomic E-state index is 12.9. The highest BCUT2D eigenvalue weighted by Crippen LogP contribution is 2.44. The largest absolute Gasteiger partial charge is 1.00 e. The van der Waals surface area contributed by atoms with Crippen molar-refractivity contribution >= 4 is 8.07 Å². The third-order valence-electron chi connectivity index (χ3n) is 4.89. The van der Waals surface area contributed by atoms with Gasteiger partial charge < -0.3 is 28.5 Å². The van der Waals surface area contributed by atoms with Gasteiger partial charge in [0.1, 0.15) is 20.7 Å². The van der Waals surface area contributed by atoms with Crippen molar-refractivity contribution in [1.29, 1.82) is 0 Å². The zero-order chi connectivity index (χ0) is 18.5. The van der Waals surface area contributed by atoms with Crippen molar-refractivity contribution in [1.82, 2.24) is 0 Å². The first kappa shape index (κ1) is 21.4. The van der Waals surface area contributed by atoms with Gasteiger partial charge in [-0.05, 0) is 12.1 Å². The van der Waals surface area contributed by atoms with E-state index in [2.05, 4.69) is 38.8 Å². The first-order valence-corrected chi connectivity index (χ1v) is 12.3. The monoisotopic (exact) mass is 491 g/mol. The Morgan fingerprint density at radius 2 is 1.58 bits per heavy atom. The maximum absolute atomic E-state index is 12.9. The number of nitrogens with zero attached hydrogens (tertiary/aromatic N) is 1. The lowest BCUT2D eigenvalue weighted by molar-refractivity contribution is -0.930. The normalized spacial score (nSPS) is 22.7. The molecule has 1 aliphatic heterocycles. The van der Waals surface area contributed by atoms with Gasteiger partial charge in [-0.1, -0.05) is 56.0 Å². The standard InChI is InChI=1S/C20H25F3NSi.HI/c1-24(14-25(2,3)4)13-16-7-5-6-8-18(16)19(24)15-9-11-17(12-10-15)20(21,22)23;/h5-12,19H,13-14H2,1-4H3;1H/q+1;/p-1/t19-,24+;/m1./s1. The fraction of sp³-hybridized carbons (Fsp3) is 0.400. The molecule has 0 unspecified atom stereocenters. The van der Waals surface area contributed by atoms with Gasteiger partial charge in [0.15, 0.2) is 0 Å². The number of hydrogen-bond donors (Lipinski definition) is 0. The van der Waals surface area contributed by atoms with E-state index >= 15 is 0 Å². The van der Waals surface area contributed by atoms with Crippen LogP contribution < -0.4 is 24.0 Å². The molecular weight excluding hydrogens is 466 g/mol. The highest BCUT2D eigenvalue weighted by molar-refractivity contribution is 6.76. The molecule has 0 amide bonds. The lowest BCUT2D eigenvalue weighted by Gasteiger charge is -2.40. The highest BCUT2D eigenvalue weighted by atomic mass is 127. The summed E-state index contributed by atoms with van der Waals surface area (Å²) in [4.78, 5) is 0. The summed E-state index contributed by atoms with van der Waals surface area (Å²) in [5.41, 5.74) is 2.96. The van der Waals surface area contributed by atoms with Crippen LogP contribution in [-0.4, -0.2) is 25.8 Å². The molecule has 0 saturated carbocycles. The zero-order valence-electron chi connectivity index (χ0n) is 15.6. The number of halogens is 4. The van der Waals surface area contributed by atoms with E-state index in [1.165, 1.54) is 23.3 Å². The Kier molecular flexibility index (Phi) is 6.00. The van der Waals surface area contributed by atoms with Crippen LogP contribution in [0, 0.1) is 0 Å². The number of rotatable bonds is 3. The van der Waals surface area contributed by atoms with E-state index in [0.717, 1.165) is 22.8 Å². The minimum absolute atomic E-state index is 0. The molecule has 0 N–H and O–H groups in total. The van der Waals surface area contributed by atoms with Crippen LogP contribution in [0.3, 0.4) is 0 Å². The minimum atomic E-state index is -4.29. The average molecular weight is 491 g/mol. The minimum Gasteiger partial charge on any atom is -1.00 e. The Labute approximate surface area is 171 Å². The molecule has 1 heterocycles. The second kappa shape index (κ2) is 7.28. The lowest BCUT2D eigenvalue weighted by Crippen LogP contribution is -3.00. The third kappa shape index (κ3) is 4.34. The molecule has 0 spiro atoms. The van der Waals surface area contributed by atoms with E-state index < -0.39 is 19.8 Å². The van der Waals surface area contributed by atoms with Gasteiger partial charge in [0.25, 0.3) is 0 Å². The van der Waals surface area contributed by atoms with E-state index in [4.69, 9.17) is 0 Å². The molecular formula is C20H25F3INSi. The van der Waals surface area contributed by atoms with Gasteiger partial charge in [-0.15, -0.1) is 0 Å². The fourth-order valence-corrected chi connectivity index (χ4v) is 6.85. The van der Waals surface area contributed by atoms with Crippen molar-refractivity contribution in [2.75, 3.05) is 13.2 Å². The molecule has 0 bridgehead atoms. The number of quaternary nitrogens is 1. The highest BCUT2D eigenvalue weighted by Gasteiger charge is 2.45. The molecule has 2 atom stereocenters. The summed E-state index contributed by atoms with van der Waals surface area (Å²) in [5.74, 6) is 0. The molecule has 26 heavy (non-hydrogen) atoms. The summed E-state index contributed by atoms with van der Waals surface area (Å²) in [6, 6.07) is 14.2. The summed E-state index contributed by atoms with van der Waals surface area (Å²) < 4.78 is 39.6. The maximum Gasteiger partial charge on any atom is 0.416 e. The van der Waals surface area contributed by atoms with Gasteiger partial charge in [-0.2, -0.15) is 13.2 Å². The Morgan fingerprint density at radius 3 is 2.12 bits per heavy atom. The van der Waals surface area contributed by atoms with Gasteiger partial charge in [-0.25, -0.2) is 0 Å². The third-order valence-corrected chi connectivity index (χ3v) is 6.56. The summed E-state index contributed by atoms with van der Waals surface area (Å²) in [6.45, 7) is 7.99. The number of hydrogen-bond acceptors (Lipinski definition) is 0. The van der Waals surface area contributed by atoms with Crippen molar-refractivity contribution in [2.45, 2.75) is 38.4 Å². The van der Waals surface area contributed by atoms with Crippen molar-refractivity contribution in [3.05, 3.63) is 70.8 Å². The van der Waals surface area contributed by atoms with Gasteiger partial charge >= 0.3 is 6.18 Å². The summed E-state index contributed by atoms with van der Waals surface area (Å²) in [6.07, 6.45) is -3.20. The number of fused-ring (bicyclic) bond motifs is 1. The molecule has 2 aromatic rings. The van der Waals surface area contributed by atoms with Gasteiger partial charge in [0.2, 0.25) is 0 Å². The molecule has 6 heteroatoms. The Hall–Kier alpha value is -0.863. The van der Waals surface area contributed by atoms with Gasteiger partial charge in [0.05, 0.1) is 18.8 Å². The van der Waals surface area contributed by atoms with Crippen molar-refractivity contribution in [3.63, 3.8) is 0 Å². The molecule has 1 nitrogen and oxygen atoms in total. The SMILES string of the molecule is C[N@@+]1(C[Si](C)(C)C)Cc2ccccc2[C@H]1c1ccc(C(F)(F)F)cc1.[I-]. The summed E-state index contributed by atoms with van der Waals surface area (Å²) in [5, 5.41) is 0. The average Bonchev–Trinajstić information content (AvgIpc) is 2.75. The Morgan fingerprint density at radius 1 is 1.00 bits per heavy atom. The second-order valence-electron chi connectivity index (χ2n) is 8.58. The zero-order valence-corrected chi connectivity index (χ0v) is 18.7. The molecule has 0 aliphatic carbocycles. The second-order valence-corrected chi connectivity index (χ2v) is 14.0. The molecule has 142 valence electrons. The van der Waals surface area contributed by atoms with Crippen LogP contribution in [0.25, 0.3) is 0 Å². The van der Waals surface area contributed by atoms with Crippen LogP contribution in [0.1, 0.15) is 28.3 Å². The smallest absolute Gasteiger partial charge is 0.416 e. The summed E-state index contributed by atoms with van der Waals surface area (Å²) in [7, 11) is 0.894. The number of alkyl halides is 3. The predicted molar refractivity (Wildman–Crippen MR) is 97.8 cm³/mol. The van der Waals surface area contributed by atoms with Crippen molar-refractivity contribution in [2.24, 2.45) is 0 Å². The molecule has 3 rings (SSSR count). The Balaban J connectivity index is 0.00000243. The van der Waals surface area contributed by atoms with E-state index in [1.54, 1.807) is 12.1 Å². The van der Waals surface area contributed by atoms with Crippen LogP contribution in [0.4, 0.5) is 13.2 Å². The quantitative estimate of drug-likeness (QED) is 0.352. The van der Waals surface area contributed by atoms with Gasteiger partial charge in [0, 0.05) is 16.7 Å². The van der Waals surface area contributed by atoms with E-state index in [-0.39, 0.29) is 30.0 Å². The molecule has 0 radical (unpaired) electrons. The van der Waals surface area contributed by atoms with Crippen molar-refractivity contribution < 1.29 is 41.6 Å². The van der Waals surface area contributed by atoms with E-state index in [9.17, 15) is 13.2 Å². The van der Waals surface area contributed by atoms with Crippen LogP contribution in [0.5, 0.6) is 0 Å². The molecule has 0 fully saturated rings. The Bertz CT molecular complexity index is 768. The first-order chi connectivity index (χ1) is 11.5. The fourth-order valence-electron chi connectivity index (χ4n) is 4.39. The molecule has 1 aliphatic rings. The topological polar surface area (TPSA) is 0 Å². The van der Waals surface area contributed by atoms with Crippen molar-refractivity contribution in [3.8, 4) is 0 Å². The number of benzene rings is 2. The van der Waals surface area contributed by atoms with Crippen LogP contribution in [0.2, 0.25) is 19.6 Å². The van der Waals surface area contributed by atoms with Crippen LogP contribution >= 0.6 is 0 Å². The van der Waals surface area contributed by atoms with E-state index in [0.29, 0.717) is 0 Å². The molecule has 2 aromatic carbocycles. The molecule has 0 aromatic heterocycles. The van der Waals surface area contributed by atoms with Crippen LogP contribution in [-0.2, 0) is 12.7 Å². The van der Waals surface area contributed by atoms with Gasteiger partial charge in [-0.3, -0.25) is 0 Å².